The van der Waals surface area contributed by atoms with Gasteiger partial charge >= 0.3 is 0 Å². The molecule has 0 unspecified atom stereocenters. The van der Waals surface area contributed by atoms with Crippen LogP contribution in [0.25, 0.3) is 55.7 Å². The van der Waals surface area contributed by atoms with E-state index in [2.05, 4.69) is 230 Å². The van der Waals surface area contributed by atoms with E-state index in [0.29, 0.717) is 0 Å². The number of pyridine rings is 1. The zero-order valence-corrected chi connectivity index (χ0v) is 30.2. The molecule has 2 nitrogen and oxygen atoms in total. The van der Waals surface area contributed by atoms with Crippen molar-refractivity contribution in [1.82, 2.24) is 4.40 Å². The Morgan fingerprint density at radius 1 is 0.491 bits per heavy atom. The van der Waals surface area contributed by atoms with E-state index in [1.807, 2.05) is 0 Å². The molecule has 2 heteroatoms. The molecule has 0 atom stereocenters. The largest absolute Gasteiger partial charge is 0.315 e. The minimum absolute atomic E-state index is 0.989. The minimum Gasteiger partial charge on any atom is -0.315 e. The molecule has 0 spiro atoms. The predicted molar refractivity (Wildman–Crippen MR) is 227 cm³/mol. The molecule has 6 aromatic carbocycles. The molecule has 0 saturated carbocycles. The van der Waals surface area contributed by atoms with E-state index in [4.69, 9.17) is 0 Å². The van der Waals surface area contributed by atoms with Gasteiger partial charge < -0.3 is 9.30 Å². The van der Waals surface area contributed by atoms with Crippen molar-refractivity contribution in [1.29, 1.82) is 0 Å². The van der Waals surface area contributed by atoms with Gasteiger partial charge in [-0.3, -0.25) is 0 Å². The first-order chi connectivity index (χ1) is 26.2. The van der Waals surface area contributed by atoms with Crippen LogP contribution in [0, 0.1) is 0 Å². The molecule has 2 aromatic heterocycles. The Bertz CT molecular complexity index is 2410. The normalized spacial score (nSPS) is 11.7. The van der Waals surface area contributed by atoms with Crippen molar-refractivity contribution in [2.45, 2.75) is 20.3 Å². The minimum atomic E-state index is 0.989. The number of nitrogens with zero attached hydrogens (tertiary/aromatic N) is 2. The Morgan fingerprint density at radius 2 is 0.962 bits per heavy atom. The summed E-state index contributed by atoms with van der Waals surface area (Å²) >= 11 is 0. The van der Waals surface area contributed by atoms with E-state index in [1.54, 1.807) is 0 Å². The van der Waals surface area contributed by atoms with Crippen molar-refractivity contribution in [2.75, 3.05) is 4.90 Å². The Kier molecular flexibility index (Phi) is 9.68. The van der Waals surface area contributed by atoms with E-state index in [9.17, 15) is 0 Å². The van der Waals surface area contributed by atoms with Gasteiger partial charge in [0.2, 0.25) is 0 Å². The third-order valence-corrected chi connectivity index (χ3v) is 9.83. The smallest absolute Gasteiger partial charge is 0.0613 e. The lowest BCUT2D eigenvalue weighted by Crippen LogP contribution is -2.10. The van der Waals surface area contributed by atoms with Gasteiger partial charge in [-0.25, -0.2) is 0 Å². The SMILES string of the molecule is C/C=C\C(=C/CC)c1ccc(N(c2ccc(-c3ccccc3)cc2)c2ccc(-c3c(-c4ccccc4)c4ccccn4c3-c3ccccc3)cc2)cc1. The predicted octanol–water partition coefficient (Wildman–Crippen LogP) is 14.4. The zero-order valence-electron chi connectivity index (χ0n) is 30.2. The summed E-state index contributed by atoms with van der Waals surface area (Å²) < 4.78 is 2.35. The second-order valence-electron chi connectivity index (χ2n) is 13.2. The van der Waals surface area contributed by atoms with Crippen molar-refractivity contribution in [2.24, 2.45) is 0 Å². The van der Waals surface area contributed by atoms with Crippen molar-refractivity contribution >= 4 is 28.2 Å². The van der Waals surface area contributed by atoms with Crippen LogP contribution in [0.3, 0.4) is 0 Å². The highest BCUT2D eigenvalue weighted by molar-refractivity contribution is 6.03. The lowest BCUT2D eigenvalue weighted by Gasteiger charge is -2.26. The van der Waals surface area contributed by atoms with Crippen molar-refractivity contribution in [3.8, 4) is 44.6 Å². The monoisotopic (exact) mass is 682 g/mol. The number of anilines is 3. The van der Waals surface area contributed by atoms with E-state index < -0.39 is 0 Å². The van der Waals surface area contributed by atoms with Crippen LogP contribution in [-0.4, -0.2) is 4.40 Å². The van der Waals surface area contributed by atoms with Gasteiger partial charge in [-0.05, 0) is 101 Å². The molecule has 0 aliphatic heterocycles. The van der Waals surface area contributed by atoms with E-state index >= 15 is 0 Å². The van der Waals surface area contributed by atoms with Crippen molar-refractivity contribution < 1.29 is 0 Å². The maximum Gasteiger partial charge on any atom is 0.0613 e. The molecule has 8 aromatic rings. The first-order valence-electron chi connectivity index (χ1n) is 18.5. The second-order valence-corrected chi connectivity index (χ2v) is 13.2. The Morgan fingerprint density at radius 3 is 1.53 bits per heavy atom. The van der Waals surface area contributed by atoms with E-state index in [-0.39, 0.29) is 0 Å². The van der Waals surface area contributed by atoms with E-state index in [1.165, 1.54) is 61.3 Å². The number of aromatic nitrogens is 1. The second kappa shape index (κ2) is 15.3. The fourth-order valence-electron chi connectivity index (χ4n) is 7.41. The number of hydrogen-bond donors (Lipinski definition) is 0. The van der Waals surface area contributed by atoms with E-state index in [0.717, 1.165) is 23.5 Å². The average molecular weight is 683 g/mol. The number of fused-ring (bicyclic) bond motifs is 1. The quantitative estimate of drug-likeness (QED) is 0.130. The lowest BCUT2D eigenvalue weighted by molar-refractivity contribution is 1.20. The highest BCUT2D eigenvalue weighted by atomic mass is 15.1. The molecule has 0 radical (unpaired) electrons. The molecule has 0 aliphatic carbocycles. The fourth-order valence-corrected chi connectivity index (χ4v) is 7.41. The van der Waals surface area contributed by atoms with Gasteiger partial charge in [0.05, 0.1) is 11.2 Å². The molecule has 53 heavy (non-hydrogen) atoms. The van der Waals surface area contributed by atoms with Crippen molar-refractivity contribution in [3.05, 3.63) is 212 Å². The van der Waals surface area contributed by atoms with Crippen molar-refractivity contribution in [3.63, 3.8) is 0 Å². The summed E-state index contributed by atoms with van der Waals surface area (Å²) in [5.74, 6) is 0. The Labute approximate surface area is 313 Å². The first-order valence-corrected chi connectivity index (χ1v) is 18.5. The third kappa shape index (κ3) is 6.76. The maximum atomic E-state index is 2.35. The topological polar surface area (TPSA) is 7.65 Å². The van der Waals surface area contributed by atoms with Crippen LogP contribution in [0.1, 0.15) is 25.8 Å². The van der Waals surface area contributed by atoms with Crippen LogP contribution in [0.4, 0.5) is 17.1 Å². The summed E-state index contributed by atoms with van der Waals surface area (Å²) in [6.45, 7) is 4.26. The molecule has 0 fully saturated rings. The van der Waals surface area contributed by atoms with Gasteiger partial charge in [0.25, 0.3) is 0 Å². The molecule has 256 valence electrons. The molecular formula is C51H42N2. The molecule has 0 amide bonds. The average Bonchev–Trinajstić information content (AvgIpc) is 3.58. The van der Waals surface area contributed by atoms with Gasteiger partial charge in [0.1, 0.15) is 0 Å². The van der Waals surface area contributed by atoms with Crippen LogP contribution in [0.15, 0.2) is 206 Å². The molecule has 0 saturated heterocycles. The summed E-state index contributed by atoms with van der Waals surface area (Å²) in [5.41, 5.74) is 16.6. The highest BCUT2D eigenvalue weighted by Gasteiger charge is 2.22. The molecule has 8 rings (SSSR count). The van der Waals surface area contributed by atoms with Gasteiger partial charge in [0.15, 0.2) is 0 Å². The highest BCUT2D eigenvalue weighted by Crippen LogP contribution is 2.46. The number of rotatable bonds is 10. The number of benzene rings is 6. The summed E-state index contributed by atoms with van der Waals surface area (Å²) in [6.07, 6.45) is 9.76. The summed E-state index contributed by atoms with van der Waals surface area (Å²) in [7, 11) is 0. The van der Waals surface area contributed by atoms with Gasteiger partial charge in [0, 0.05) is 34.4 Å². The first kappa shape index (κ1) is 33.5. The summed E-state index contributed by atoms with van der Waals surface area (Å²) in [4.78, 5) is 2.35. The van der Waals surface area contributed by atoms with Gasteiger partial charge in [-0.1, -0.05) is 159 Å². The van der Waals surface area contributed by atoms with Crippen LogP contribution in [0.2, 0.25) is 0 Å². The Hall–Kier alpha value is -6.64. The zero-order chi connectivity index (χ0) is 36.0. The lowest BCUT2D eigenvalue weighted by atomic mass is 9.93. The molecule has 0 bridgehead atoms. The van der Waals surface area contributed by atoms with Gasteiger partial charge in [-0.15, -0.1) is 0 Å². The molecule has 2 heterocycles. The standard InChI is InChI=1S/C51H42N2/c1-3-16-38(17-4-2)40-25-31-45(32-26-40)53(46-33-27-41(28-34-46)39-18-8-5-9-19-39)47-35-29-43(30-36-47)50-49(42-20-10-6-11-21-42)48-24-14-15-37-52(48)51(50)44-22-12-7-13-23-44/h3,5-37H,4H2,1-2H3/b16-3-,38-17+. The maximum absolute atomic E-state index is 2.35. The Balaban J connectivity index is 1.27. The summed E-state index contributed by atoms with van der Waals surface area (Å²) in [6, 6.07) is 65.6. The molecule has 0 N–H and O–H groups in total. The summed E-state index contributed by atoms with van der Waals surface area (Å²) in [5, 5.41) is 0. The number of allylic oxidation sites excluding steroid dienone is 4. The number of hydrogen-bond acceptors (Lipinski definition) is 1. The fraction of sp³-hybridized carbons (Fsp3) is 0.0588. The molecule has 0 aliphatic rings. The van der Waals surface area contributed by atoms with Crippen LogP contribution in [-0.2, 0) is 0 Å². The molecular weight excluding hydrogens is 641 g/mol. The van der Waals surface area contributed by atoms with Crippen LogP contribution >= 0.6 is 0 Å². The third-order valence-electron chi connectivity index (χ3n) is 9.83. The van der Waals surface area contributed by atoms with Crippen LogP contribution < -0.4 is 4.90 Å². The van der Waals surface area contributed by atoms with Crippen LogP contribution in [0.5, 0.6) is 0 Å². The van der Waals surface area contributed by atoms with Gasteiger partial charge in [-0.2, -0.15) is 0 Å².